The number of ether oxygens (including phenoxy) is 2. The highest BCUT2D eigenvalue weighted by molar-refractivity contribution is 6.46. The zero-order valence-electron chi connectivity index (χ0n) is 18.9. The first kappa shape index (κ1) is 23.0. The highest BCUT2D eigenvalue weighted by Crippen LogP contribution is 2.39. The fraction of sp³-hybridized carbons (Fsp3) is 0.385. The molecule has 1 N–H and O–H groups in total. The van der Waals surface area contributed by atoms with Gasteiger partial charge in [0.15, 0.2) is 0 Å². The van der Waals surface area contributed by atoms with E-state index < -0.39 is 17.7 Å². The molecular weight excluding hydrogens is 420 g/mol. The van der Waals surface area contributed by atoms with E-state index in [-0.39, 0.29) is 11.3 Å². The van der Waals surface area contributed by atoms with Gasteiger partial charge in [-0.2, -0.15) is 0 Å². The lowest BCUT2D eigenvalue weighted by Gasteiger charge is -2.29. The van der Waals surface area contributed by atoms with Crippen molar-refractivity contribution in [2.75, 3.05) is 46.0 Å². The van der Waals surface area contributed by atoms with Gasteiger partial charge in [0.25, 0.3) is 11.7 Å². The number of benzene rings is 2. The van der Waals surface area contributed by atoms with Gasteiger partial charge in [-0.3, -0.25) is 14.5 Å². The summed E-state index contributed by atoms with van der Waals surface area (Å²) in [6, 6.07) is 15.6. The van der Waals surface area contributed by atoms with Crippen LogP contribution in [0.4, 0.5) is 0 Å². The normalized spacial score (nSPS) is 20.9. The number of carbonyl (C=O) groups excluding carboxylic acids is 2. The highest BCUT2D eigenvalue weighted by Gasteiger charge is 2.45. The van der Waals surface area contributed by atoms with E-state index in [4.69, 9.17) is 9.47 Å². The van der Waals surface area contributed by atoms with E-state index in [1.165, 1.54) is 0 Å². The molecule has 4 rings (SSSR count). The van der Waals surface area contributed by atoms with Crippen LogP contribution in [0.3, 0.4) is 0 Å². The maximum absolute atomic E-state index is 13.1. The van der Waals surface area contributed by atoms with Crippen LogP contribution < -0.4 is 4.74 Å². The number of Topliss-reactive ketones (excluding diaryl/α,β-unsaturated/α-hetero) is 1. The monoisotopic (exact) mass is 450 g/mol. The van der Waals surface area contributed by atoms with Gasteiger partial charge < -0.3 is 19.5 Å². The minimum absolute atomic E-state index is 0.127. The van der Waals surface area contributed by atoms with E-state index in [0.29, 0.717) is 37.7 Å². The number of hydrogen-bond acceptors (Lipinski definition) is 6. The van der Waals surface area contributed by atoms with E-state index in [0.717, 1.165) is 31.6 Å². The SMILES string of the molecule is CCOc1ccc([C@@H]2/C(=C(\O)c3ccccc3)C(=O)C(=O)N2CCCN2CCOCC2)cc1. The van der Waals surface area contributed by atoms with Gasteiger partial charge in [-0.05, 0) is 31.0 Å². The van der Waals surface area contributed by atoms with Crippen LogP contribution in [0.5, 0.6) is 5.75 Å². The second-order valence-electron chi connectivity index (χ2n) is 8.17. The number of rotatable bonds is 8. The van der Waals surface area contributed by atoms with Crippen molar-refractivity contribution in [3.8, 4) is 5.75 Å². The van der Waals surface area contributed by atoms with Gasteiger partial charge in [0, 0.05) is 31.7 Å². The smallest absolute Gasteiger partial charge is 0.295 e. The molecule has 0 spiro atoms. The molecule has 1 atom stereocenters. The second kappa shape index (κ2) is 10.6. The molecule has 174 valence electrons. The summed E-state index contributed by atoms with van der Waals surface area (Å²) in [5.41, 5.74) is 1.41. The number of nitrogens with zero attached hydrogens (tertiary/aromatic N) is 2. The van der Waals surface area contributed by atoms with Gasteiger partial charge in [-0.1, -0.05) is 42.5 Å². The van der Waals surface area contributed by atoms with Crippen molar-refractivity contribution in [3.05, 3.63) is 71.3 Å². The molecule has 2 fully saturated rings. The maximum Gasteiger partial charge on any atom is 0.295 e. The maximum atomic E-state index is 13.1. The van der Waals surface area contributed by atoms with Gasteiger partial charge in [0.2, 0.25) is 0 Å². The molecule has 0 saturated carbocycles. The standard InChI is InChI=1S/C26H30N2O5/c1-2-33-21-11-9-19(10-12-21)23-22(24(29)20-7-4-3-5-8-20)25(30)26(31)28(23)14-6-13-27-15-17-32-18-16-27/h3-5,7-12,23,29H,2,6,13-18H2,1H3/b24-22+/t23-/m1/s1. The Morgan fingerprint density at radius 1 is 1.03 bits per heavy atom. The number of hydrogen-bond donors (Lipinski definition) is 1. The summed E-state index contributed by atoms with van der Waals surface area (Å²) in [7, 11) is 0. The van der Waals surface area contributed by atoms with Crippen LogP contribution in [-0.2, 0) is 14.3 Å². The zero-order chi connectivity index (χ0) is 23.2. The summed E-state index contributed by atoms with van der Waals surface area (Å²) in [6.07, 6.45) is 0.728. The molecule has 1 amide bonds. The van der Waals surface area contributed by atoms with Gasteiger partial charge in [0.05, 0.1) is 31.4 Å². The summed E-state index contributed by atoms with van der Waals surface area (Å²) in [5, 5.41) is 11.1. The van der Waals surface area contributed by atoms with Crippen LogP contribution >= 0.6 is 0 Å². The summed E-state index contributed by atoms with van der Waals surface area (Å²) in [4.78, 5) is 30.0. The third-order valence-electron chi connectivity index (χ3n) is 6.07. The molecule has 0 aromatic heterocycles. The van der Waals surface area contributed by atoms with Crippen molar-refractivity contribution in [3.63, 3.8) is 0 Å². The number of aliphatic hydroxyl groups is 1. The summed E-state index contributed by atoms with van der Waals surface area (Å²) >= 11 is 0. The molecule has 2 aliphatic rings. The predicted molar refractivity (Wildman–Crippen MR) is 125 cm³/mol. The largest absolute Gasteiger partial charge is 0.507 e. The number of amides is 1. The van der Waals surface area contributed by atoms with Crippen molar-refractivity contribution in [1.82, 2.24) is 9.80 Å². The first-order valence-electron chi connectivity index (χ1n) is 11.5. The van der Waals surface area contributed by atoms with Gasteiger partial charge in [0.1, 0.15) is 11.5 Å². The molecule has 2 aromatic carbocycles. The predicted octanol–water partition coefficient (Wildman–Crippen LogP) is 3.23. The van der Waals surface area contributed by atoms with Crippen molar-refractivity contribution < 1.29 is 24.2 Å². The van der Waals surface area contributed by atoms with Crippen molar-refractivity contribution in [2.45, 2.75) is 19.4 Å². The first-order valence-corrected chi connectivity index (χ1v) is 11.5. The van der Waals surface area contributed by atoms with E-state index >= 15 is 0 Å². The lowest BCUT2D eigenvalue weighted by molar-refractivity contribution is -0.140. The van der Waals surface area contributed by atoms with Gasteiger partial charge in [-0.25, -0.2) is 0 Å². The molecule has 0 unspecified atom stereocenters. The van der Waals surface area contributed by atoms with E-state index in [1.54, 1.807) is 29.2 Å². The average molecular weight is 451 g/mol. The van der Waals surface area contributed by atoms with Gasteiger partial charge in [-0.15, -0.1) is 0 Å². The Labute approximate surface area is 194 Å². The van der Waals surface area contributed by atoms with Crippen LogP contribution in [-0.4, -0.2) is 72.6 Å². The Morgan fingerprint density at radius 2 is 1.73 bits per heavy atom. The quantitative estimate of drug-likeness (QED) is 0.378. The van der Waals surface area contributed by atoms with E-state index in [1.807, 2.05) is 37.3 Å². The van der Waals surface area contributed by atoms with E-state index in [9.17, 15) is 14.7 Å². The van der Waals surface area contributed by atoms with Crippen LogP contribution in [0.2, 0.25) is 0 Å². The number of likely N-dealkylation sites (tertiary alicyclic amines) is 1. The highest BCUT2D eigenvalue weighted by atomic mass is 16.5. The lowest BCUT2D eigenvalue weighted by Crippen LogP contribution is -2.38. The molecule has 0 radical (unpaired) electrons. The first-order chi connectivity index (χ1) is 16.1. The second-order valence-corrected chi connectivity index (χ2v) is 8.17. The van der Waals surface area contributed by atoms with Gasteiger partial charge >= 0.3 is 0 Å². The van der Waals surface area contributed by atoms with Crippen LogP contribution in [0.1, 0.15) is 30.5 Å². The molecule has 7 heteroatoms. The Bertz CT molecular complexity index is 997. The van der Waals surface area contributed by atoms with Crippen LogP contribution in [0, 0.1) is 0 Å². The number of ketones is 1. The Morgan fingerprint density at radius 3 is 2.39 bits per heavy atom. The van der Waals surface area contributed by atoms with E-state index in [2.05, 4.69) is 4.90 Å². The third-order valence-corrected chi connectivity index (χ3v) is 6.07. The molecule has 7 nitrogen and oxygen atoms in total. The van der Waals surface area contributed by atoms with Crippen LogP contribution in [0.15, 0.2) is 60.2 Å². The van der Waals surface area contributed by atoms with Crippen molar-refractivity contribution in [2.24, 2.45) is 0 Å². The minimum Gasteiger partial charge on any atom is -0.507 e. The molecule has 0 bridgehead atoms. The van der Waals surface area contributed by atoms with Crippen molar-refractivity contribution in [1.29, 1.82) is 0 Å². The number of aliphatic hydroxyl groups excluding tert-OH is 1. The molecule has 2 heterocycles. The molecule has 33 heavy (non-hydrogen) atoms. The topological polar surface area (TPSA) is 79.3 Å². The summed E-state index contributed by atoms with van der Waals surface area (Å²) in [6.45, 7) is 6.88. The Hall–Kier alpha value is -3.16. The molecule has 2 saturated heterocycles. The molecular formula is C26H30N2O5. The van der Waals surface area contributed by atoms with Crippen LogP contribution in [0.25, 0.3) is 5.76 Å². The lowest BCUT2D eigenvalue weighted by atomic mass is 9.95. The fourth-order valence-electron chi connectivity index (χ4n) is 4.41. The third kappa shape index (κ3) is 5.10. The summed E-state index contributed by atoms with van der Waals surface area (Å²) < 4.78 is 10.9. The van der Waals surface area contributed by atoms with Crippen molar-refractivity contribution >= 4 is 17.4 Å². The molecule has 2 aromatic rings. The molecule has 0 aliphatic carbocycles. The average Bonchev–Trinajstić information content (AvgIpc) is 3.10. The Kier molecular flexibility index (Phi) is 7.42. The fourth-order valence-corrected chi connectivity index (χ4v) is 4.41. The summed E-state index contributed by atoms with van der Waals surface area (Å²) in [5.74, 6) is -0.660. The zero-order valence-corrected chi connectivity index (χ0v) is 18.9. The number of morpholine rings is 1. The number of carbonyl (C=O) groups is 2. The molecule has 2 aliphatic heterocycles. The Balaban J connectivity index is 1.65. The minimum atomic E-state index is -0.651.